The molecule has 1 aromatic carbocycles. The maximum absolute atomic E-state index is 10.7. The zero-order valence-electron chi connectivity index (χ0n) is 9.24. The van der Waals surface area contributed by atoms with Crippen molar-refractivity contribution in [3.63, 3.8) is 0 Å². The van der Waals surface area contributed by atoms with Crippen LogP contribution in [0.5, 0.6) is 0 Å². The number of aromatic nitrogens is 1. The summed E-state index contributed by atoms with van der Waals surface area (Å²) in [5.41, 5.74) is 1.61. The number of thiophene rings is 1. The first-order chi connectivity index (χ1) is 8.74. The first kappa shape index (κ1) is 10.9. The fraction of sp³-hybridized carbons (Fsp3) is 0. The Morgan fingerprint density at radius 2 is 2.06 bits per heavy atom. The van der Waals surface area contributed by atoms with Gasteiger partial charge < -0.3 is 0 Å². The highest BCUT2D eigenvalue weighted by atomic mass is 32.1. The summed E-state index contributed by atoms with van der Waals surface area (Å²) in [7, 11) is 0. The molecule has 4 nitrogen and oxygen atoms in total. The topological polar surface area (TPSA) is 56.0 Å². The first-order valence-corrected chi connectivity index (χ1v) is 6.21. The van der Waals surface area contributed by atoms with E-state index in [0.717, 1.165) is 21.5 Å². The van der Waals surface area contributed by atoms with E-state index in [2.05, 4.69) is 4.98 Å². The summed E-state index contributed by atoms with van der Waals surface area (Å²) >= 11 is 1.56. The molecule has 0 N–H and O–H groups in total. The van der Waals surface area contributed by atoms with Gasteiger partial charge >= 0.3 is 0 Å². The van der Waals surface area contributed by atoms with Crippen LogP contribution in [0.2, 0.25) is 0 Å². The number of hydrogen-bond acceptors (Lipinski definition) is 4. The molecule has 5 heteroatoms. The highest BCUT2D eigenvalue weighted by Crippen LogP contribution is 2.26. The van der Waals surface area contributed by atoms with Gasteiger partial charge in [-0.25, -0.2) is 4.98 Å². The van der Waals surface area contributed by atoms with Crippen molar-refractivity contribution in [2.75, 3.05) is 0 Å². The van der Waals surface area contributed by atoms with Gasteiger partial charge in [0.1, 0.15) is 4.83 Å². The Kier molecular flexibility index (Phi) is 2.53. The summed E-state index contributed by atoms with van der Waals surface area (Å²) in [5, 5.41) is 13.8. The Labute approximate surface area is 107 Å². The van der Waals surface area contributed by atoms with E-state index in [0.29, 0.717) is 0 Å². The lowest BCUT2D eigenvalue weighted by molar-refractivity contribution is -0.384. The van der Waals surface area contributed by atoms with Gasteiger partial charge in [-0.3, -0.25) is 10.1 Å². The largest absolute Gasteiger partial charge is 0.270 e. The average molecular weight is 256 g/mol. The molecule has 3 aromatic rings. The predicted molar refractivity (Wildman–Crippen MR) is 71.7 cm³/mol. The van der Waals surface area contributed by atoms with Crippen LogP contribution in [0.3, 0.4) is 0 Å². The van der Waals surface area contributed by atoms with Crippen molar-refractivity contribution in [1.82, 2.24) is 4.98 Å². The number of pyridine rings is 1. The minimum Gasteiger partial charge on any atom is -0.258 e. The van der Waals surface area contributed by atoms with Crippen LogP contribution in [0.1, 0.15) is 0 Å². The van der Waals surface area contributed by atoms with Gasteiger partial charge in [-0.05, 0) is 23.6 Å². The van der Waals surface area contributed by atoms with Crippen molar-refractivity contribution < 1.29 is 4.92 Å². The fourth-order valence-electron chi connectivity index (χ4n) is 1.78. The second kappa shape index (κ2) is 4.19. The highest BCUT2D eigenvalue weighted by Gasteiger charge is 2.08. The van der Waals surface area contributed by atoms with E-state index in [1.54, 1.807) is 23.5 Å². The number of hydrogen-bond donors (Lipinski definition) is 0. The standard InChI is InChI=1S/C13H8N2O2S/c16-15(17)11-3-1-2-10(8-11)12-5-4-9-6-7-18-13(9)14-12/h1-8H. The van der Waals surface area contributed by atoms with Crippen LogP contribution in [0.25, 0.3) is 21.5 Å². The lowest BCUT2D eigenvalue weighted by Gasteiger charge is -2.00. The van der Waals surface area contributed by atoms with Crippen molar-refractivity contribution in [2.24, 2.45) is 0 Å². The molecular formula is C13H8N2O2S. The second-order valence-electron chi connectivity index (χ2n) is 3.82. The van der Waals surface area contributed by atoms with Crippen molar-refractivity contribution >= 4 is 27.2 Å². The third-order valence-corrected chi connectivity index (χ3v) is 3.49. The zero-order valence-corrected chi connectivity index (χ0v) is 10.1. The quantitative estimate of drug-likeness (QED) is 0.516. The second-order valence-corrected chi connectivity index (χ2v) is 4.71. The number of nitrogens with zero attached hydrogens (tertiary/aromatic N) is 2. The van der Waals surface area contributed by atoms with Gasteiger partial charge in [-0.2, -0.15) is 0 Å². The summed E-state index contributed by atoms with van der Waals surface area (Å²) < 4.78 is 0. The Morgan fingerprint density at radius 1 is 1.17 bits per heavy atom. The van der Waals surface area contributed by atoms with E-state index >= 15 is 0 Å². The van der Waals surface area contributed by atoms with E-state index in [-0.39, 0.29) is 5.69 Å². The number of non-ortho nitro benzene ring substituents is 1. The number of nitro benzene ring substituents is 1. The molecule has 18 heavy (non-hydrogen) atoms. The molecule has 0 unspecified atom stereocenters. The van der Waals surface area contributed by atoms with Gasteiger partial charge in [-0.15, -0.1) is 11.3 Å². The lowest BCUT2D eigenvalue weighted by atomic mass is 10.1. The summed E-state index contributed by atoms with van der Waals surface area (Å²) in [6.45, 7) is 0. The van der Waals surface area contributed by atoms with Crippen LogP contribution in [0.15, 0.2) is 47.8 Å². The predicted octanol–water partition coefficient (Wildman–Crippen LogP) is 3.87. The molecule has 0 bridgehead atoms. The summed E-state index contributed by atoms with van der Waals surface area (Å²) in [5.74, 6) is 0. The van der Waals surface area contributed by atoms with Crippen LogP contribution in [-0.2, 0) is 0 Å². The van der Waals surface area contributed by atoms with Crippen LogP contribution in [0.4, 0.5) is 5.69 Å². The van der Waals surface area contributed by atoms with Crippen LogP contribution < -0.4 is 0 Å². The summed E-state index contributed by atoms with van der Waals surface area (Å²) in [6.07, 6.45) is 0. The number of benzene rings is 1. The van der Waals surface area contributed by atoms with E-state index < -0.39 is 4.92 Å². The zero-order chi connectivity index (χ0) is 12.5. The molecule has 0 amide bonds. The van der Waals surface area contributed by atoms with E-state index in [1.165, 1.54) is 6.07 Å². The van der Waals surface area contributed by atoms with Gasteiger partial charge in [-0.1, -0.05) is 12.1 Å². The number of nitro groups is 1. The Balaban J connectivity index is 2.13. The maximum Gasteiger partial charge on any atom is 0.270 e. The average Bonchev–Trinajstić information content (AvgIpc) is 2.86. The van der Waals surface area contributed by atoms with Crippen molar-refractivity contribution in [3.8, 4) is 11.3 Å². The van der Waals surface area contributed by atoms with Crippen LogP contribution in [-0.4, -0.2) is 9.91 Å². The van der Waals surface area contributed by atoms with Crippen molar-refractivity contribution in [2.45, 2.75) is 0 Å². The molecule has 0 aliphatic heterocycles. The minimum absolute atomic E-state index is 0.0839. The van der Waals surface area contributed by atoms with Gasteiger partial charge in [0, 0.05) is 23.1 Å². The van der Waals surface area contributed by atoms with Crippen LogP contribution in [0, 0.1) is 10.1 Å². The smallest absolute Gasteiger partial charge is 0.258 e. The molecule has 3 rings (SSSR count). The van der Waals surface area contributed by atoms with E-state index in [9.17, 15) is 10.1 Å². The Hall–Kier alpha value is -2.27. The minimum atomic E-state index is -0.396. The molecular weight excluding hydrogens is 248 g/mol. The lowest BCUT2D eigenvalue weighted by Crippen LogP contribution is -1.89. The normalized spacial score (nSPS) is 10.7. The Bertz CT molecular complexity index is 736. The monoisotopic (exact) mass is 256 g/mol. The molecule has 0 radical (unpaired) electrons. The molecule has 0 saturated heterocycles. The molecule has 0 aliphatic rings. The van der Waals surface area contributed by atoms with E-state index in [1.807, 2.05) is 29.6 Å². The number of fused-ring (bicyclic) bond motifs is 1. The summed E-state index contributed by atoms with van der Waals surface area (Å²) in [4.78, 5) is 15.8. The first-order valence-electron chi connectivity index (χ1n) is 5.33. The molecule has 0 aliphatic carbocycles. The third kappa shape index (κ3) is 1.84. The molecule has 2 aromatic heterocycles. The molecule has 0 fully saturated rings. The SMILES string of the molecule is O=[N+]([O-])c1cccc(-c2ccc3ccsc3n2)c1. The molecule has 0 atom stereocenters. The summed E-state index contributed by atoms with van der Waals surface area (Å²) in [6, 6.07) is 12.4. The fourth-order valence-corrected chi connectivity index (χ4v) is 2.55. The molecule has 0 saturated carbocycles. The van der Waals surface area contributed by atoms with Crippen molar-refractivity contribution in [1.29, 1.82) is 0 Å². The van der Waals surface area contributed by atoms with Crippen LogP contribution >= 0.6 is 11.3 Å². The van der Waals surface area contributed by atoms with Gasteiger partial charge in [0.25, 0.3) is 5.69 Å². The van der Waals surface area contributed by atoms with Gasteiger partial charge in [0.05, 0.1) is 10.6 Å². The number of rotatable bonds is 2. The maximum atomic E-state index is 10.7. The third-order valence-electron chi connectivity index (χ3n) is 2.67. The van der Waals surface area contributed by atoms with Crippen molar-refractivity contribution in [3.05, 3.63) is 58.0 Å². The molecule has 88 valence electrons. The van der Waals surface area contributed by atoms with E-state index in [4.69, 9.17) is 0 Å². The van der Waals surface area contributed by atoms with Gasteiger partial charge in [0.2, 0.25) is 0 Å². The van der Waals surface area contributed by atoms with Gasteiger partial charge in [0.15, 0.2) is 0 Å². The highest BCUT2D eigenvalue weighted by molar-refractivity contribution is 7.16. The molecule has 2 heterocycles. The Morgan fingerprint density at radius 3 is 2.89 bits per heavy atom. The molecule has 0 spiro atoms.